The smallest absolute Gasteiger partial charge is 0.407 e. The van der Waals surface area contributed by atoms with Crippen LogP contribution in [0, 0.1) is 9.65 Å². The number of hydrogen-bond acceptors (Lipinski definition) is 4. The van der Waals surface area contributed by atoms with Gasteiger partial charge in [0.05, 0.1) is 9.74 Å². The molecule has 0 bridgehead atoms. The van der Waals surface area contributed by atoms with Gasteiger partial charge in [0, 0.05) is 30.9 Å². The quantitative estimate of drug-likeness (QED) is 0.498. The number of carbonyl (C=O) groups excluding carboxylic acids is 2. The number of fused-ring (bicyclic) bond motifs is 1. The first-order valence-electron chi connectivity index (χ1n) is 8.93. The lowest BCUT2D eigenvalue weighted by Gasteiger charge is -2.28. The molecule has 2 aromatic heterocycles. The van der Waals surface area contributed by atoms with Crippen LogP contribution < -0.4 is 10.6 Å². The van der Waals surface area contributed by atoms with Crippen LogP contribution in [0.4, 0.5) is 9.18 Å². The van der Waals surface area contributed by atoms with Crippen LogP contribution in [0.5, 0.6) is 0 Å². The predicted molar refractivity (Wildman–Crippen MR) is 111 cm³/mol. The molecule has 28 heavy (non-hydrogen) atoms. The number of pyridine rings is 1. The van der Waals surface area contributed by atoms with Crippen molar-refractivity contribution >= 4 is 34.6 Å². The van der Waals surface area contributed by atoms with E-state index in [4.69, 9.17) is 4.74 Å². The number of hydrogen-bond donors (Lipinski definition) is 2. The van der Waals surface area contributed by atoms with Crippen molar-refractivity contribution in [1.82, 2.24) is 20.2 Å². The van der Waals surface area contributed by atoms with Crippen LogP contribution >= 0.6 is 22.6 Å². The van der Waals surface area contributed by atoms with E-state index in [0.717, 1.165) is 9.26 Å². The Kier molecular flexibility index (Phi) is 5.92. The zero-order chi connectivity index (χ0) is 20.5. The van der Waals surface area contributed by atoms with Gasteiger partial charge in [-0.2, -0.15) is 4.39 Å². The lowest BCUT2D eigenvalue weighted by atomic mass is 10.1. The molecule has 0 saturated carbocycles. The summed E-state index contributed by atoms with van der Waals surface area (Å²) in [5, 5.41) is 5.62. The molecule has 0 spiro atoms. The molecule has 1 unspecified atom stereocenters. The normalized spacial score (nSPS) is 16.3. The van der Waals surface area contributed by atoms with Crippen LogP contribution in [0.25, 0.3) is 11.1 Å². The maximum atomic E-state index is 13.5. The molecule has 1 aliphatic heterocycles. The fourth-order valence-corrected chi connectivity index (χ4v) is 4.21. The minimum absolute atomic E-state index is 0.0324. The highest BCUT2D eigenvalue weighted by atomic mass is 127. The van der Waals surface area contributed by atoms with Crippen molar-refractivity contribution in [1.29, 1.82) is 0 Å². The minimum Gasteiger partial charge on any atom is -0.444 e. The molecule has 2 aromatic rings. The number of aromatic nitrogens is 2. The number of ether oxygens (including phenoxy) is 1. The highest BCUT2D eigenvalue weighted by Gasteiger charge is 2.29. The highest BCUT2D eigenvalue weighted by molar-refractivity contribution is 14.1. The number of amides is 2. The van der Waals surface area contributed by atoms with E-state index in [0.29, 0.717) is 30.8 Å². The summed E-state index contributed by atoms with van der Waals surface area (Å²) >= 11 is 2.17. The molecule has 2 N–H and O–H groups in total. The van der Waals surface area contributed by atoms with Crippen molar-refractivity contribution in [3.8, 4) is 11.1 Å². The second kappa shape index (κ2) is 8.06. The van der Waals surface area contributed by atoms with Gasteiger partial charge < -0.3 is 19.9 Å². The van der Waals surface area contributed by atoms with E-state index in [1.54, 1.807) is 32.9 Å². The summed E-state index contributed by atoms with van der Waals surface area (Å²) in [7, 11) is 0. The Balaban J connectivity index is 1.78. The Hall–Kier alpha value is -2.17. The standard InChI is InChI=1S/C19H22FIN4O3/c1-19(2,3)28-18(27)23-7-5-12-10-24-17(26)14-9-13(16(21)25(12)14)11-4-6-22-15(20)8-11/h4,6,8-9,12H,5,7,10H2,1-3H3,(H,23,27)(H,24,26). The Labute approximate surface area is 176 Å². The fraction of sp³-hybridized carbons (Fsp3) is 0.421. The predicted octanol–water partition coefficient (Wildman–Crippen LogP) is 3.49. The number of nitrogens with zero attached hydrogens (tertiary/aromatic N) is 2. The SMILES string of the molecule is CC(C)(C)OC(=O)NCCC1CNC(=O)c2cc(-c3ccnc(F)c3)c(I)n21. The molecule has 1 atom stereocenters. The van der Waals surface area contributed by atoms with Gasteiger partial charge in [0.15, 0.2) is 0 Å². The second-order valence-corrected chi connectivity index (χ2v) is 8.57. The van der Waals surface area contributed by atoms with Gasteiger partial charge in [-0.05, 0) is 67.5 Å². The number of halogens is 2. The van der Waals surface area contributed by atoms with E-state index < -0.39 is 17.6 Å². The van der Waals surface area contributed by atoms with Crippen LogP contribution in [-0.4, -0.2) is 40.2 Å². The number of nitrogens with one attached hydrogen (secondary N) is 2. The topological polar surface area (TPSA) is 85.2 Å². The van der Waals surface area contributed by atoms with Gasteiger partial charge in [-0.15, -0.1) is 0 Å². The Bertz CT molecular complexity index is 907. The summed E-state index contributed by atoms with van der Waals surface area (Å²) in [6.07, 6.45) is 1.55. The van der Waals surface area contributed by atoms with Gasteiger partial charge in [-0.3, -0.25) is 4.79 Å². The molecular weight excluding hydrogens is 478 g/mol. The Morgan fingerprint density at radius 1 is 1.46 bits per heavy atom. The van der Waals surface area contributed by atoms with E-state index >= 15 is 0 Å². The molecule has 7 nitrogen and oxygen atoms in total. The summed E-state index contributed by atoms with van der Waals surface area (Å²) in [4.78, 5) is 27.7. The number of carbonyl (C=O) groups is 2. The van der Waals surface area contributed by atoms with Gasteiger partial charge in [0.1, 0.15) is 11.3 Å². The molecule has 3 rings (SSSR count). The molecule has 2 amide bonds. The highest BCUT2D eigenvalue weighted by Crippen LogP contribution is 2.33. The van der Waals surface area contributed by atoms with E-state index in [1.807, 2.05) is 4.57 Å². The van der Waals surface area contributed by atoms with Crippen LogP contribution in [0.1, 0.15) is 43.7 Å². The molecule has 0 radical (unpaired) electrons. The third-order valence-corrected chi connectivity index (χ3v) is 5.35. The van der Waals surface area contributed by atoms with Crippen molar-refractivity contribution in [3.05, 3.63) is 39.7 Å². The van der Waals surface area contributed by atoms with Crippen LogP contribution in [0.2, 0.25) is 0 Å². The Morgan fingerprint density at radius 3 is 2.89 bits per heavy atom. The third-order valence-electron chi connectivity index (χ3n) is 4.25. The maximum Gasteiger partial charge on any atom is 0.407 e. The summed E-state index contributed by atoms with van der Waals surface area (Å²) in [5.74, 6) is -0.741. The molecule has 0 fully saturated rings. The average molecular weight is 500 g/mol. The second-order valence-electron chi connectivity index (χ2n) is 7.55. The number of rotatable bonds is 4. The first-order chi connectivity index (χ1) is 13.2. The van der Waals surface area contributed by atoms with Crippen molar-refractivity contribution < 1.29 is 18.7 Å². The molecule has 9 heteroatoms. The first-order valence-corrected chi connectivity index (χ1v) is 10.0. The van der Waals surface area contributed by atoms with Gasteiger partial charge >= 0.3 is 6.09 Å². The largest absolute Gasteiger partial charge is 0.444 e. The molecule has 150 valence electrons. The number of alkyl carbamates (subject to hydrolysis) is 1. The van der Waals surface area contributed by atoms with E-state index in [9.17, 15) is 14.0 Å². The zero-order valence-corrected chi connectivity index (χ0v) is 18.0. The zero-order valence-electron chi connectivity index (χ0n) is 15.9. The molecule has 3 heterocycles. The molecule has 0 aliphatic carbocycles. The average Bonchev–Trinajstić information content (AvgIpc) is 2.94. The van der Waals surface area contributed by atoms with Crippen molar-refractivity contribution in [2.45, 2.75) is 38.8 Å². The van der Waals surface area contributed by atoms with E-state index in [2.05, 4.69) is 38.2 Å². The maximum absolute atomic E-state index is 13.5. The van der Waals surface area contributed by atoms with Crippen molar-refractivity contribution in [2.24, 2.45) is 0 Å². The summed E-state index contributed by atoms with van der Waals surface area (Å²) in [5.41, 5.74) is 1.40. The summed E-state index contributed by atoms with van der Waals surface area (Å²) < 4.78 is 21.6. The molecule has 1 aliphatic rings. The molecular formula is C19H22FIN4O3. The lowest BCUT2D eigenvalue weighted by molar-refractivity contribution is 0.0523. The van der Waals surface area contributed by atoms with Gasteiger partial charge in [0.25, 0.3) is 5.91 Å². The van der Waals surface area contributed by atoms with Crippen LogP contribution in [0.3, 0.4) is 0 Å². The van der Waals surface area contributed by atoms with Crippen molar-refractivity contribution in [3.63, 3.8) is 0 Å². The van der Waals surface area contributed by atoms with Crippen LogP contribution in [0.15, 0.2) is 24.4 Å². The monoisotopic (exact) mass is 500 g/mol. The van der Waals surface area contributed by atoms with E-state index in [-0.39, 0.29) is 11.9 Å². The third kappa shape index (κ3) is 4.62. The first kappa shape index (κ1) is 20.6. The fourth-order valence-electron chi connectivity index (χ4n) is 3.08. The van der Waals surface area contributed by atoms with Gasteiger partial charge in [-0.25, -0.2) is 9.78 Å². The van der Waals surface area contributed by atoms with E-state index in [1.165, 1.54) is 12.3 Å². The van der Waals surface area contributed by atoms with Gasteiger partial charge in [-0.1, -0.05) is 0 Å². The van der Waals surface area contributed by atoms with Gasteiger partial charge in [0.2, 0.25) is 5.95 Å². The summed E-state index contributed by atoms with van der Waals surface area (Å²) in [6, 6.07) is 4.79. The minimum atomic E-state index is -0.569. The van der Waals surface area contributed by atoms with Crippen LogP contribution in [-0.2, 0) is 4.74 Å². The molecule has 0 saturated heterocycles. The van der Waals surface area contributed by atoms with Crippen molar-refractivity contribution in [2.75, 3.05) is 13.1 Å². The summed E-state index contributed by atoms with van der Waals surface area (Å²) in [6.45, 7) is 6.28. The Morgan fingerprint density at radius 2 is 2.21 bits per heavy atom. The molecule has 0 aromatic carbocycles. The lowest BCUT2D eigenvalue weighted by Crippen LogP contribution is -2.41.